The van der Waals surface area contributed by atoms with E-state index in [2.05, 4.69) is 22.0 Å². The number of halogens is 1. The standard InChI is InChI=1S/C24H27IO6P/c1-26-16-10-7-11-17(27-2)22(16)32(25,23-18(28-3)12-8-13-19(23)29-4)24-20(30-5)14-9-15-21(24)31-6/h7-15H,1-6H3/q+1. The quantitative estimate of drug-likeness (QED) is 0.282. The molecule has 0 aliphatic carbocycles. The molecule has 3 rings (SSSR count). The van der Waals surface area contributed by atoms with Gasteiger partial charge in [0, 0.05) is 0 Å². The second-order valence-corrected chi connectivity index (χ2v) is 13.5. The Labute approximate surface area is 202 Å². The third-order valence-corrected chi connectivity index (χ3v) is 12.6. The van der Waals surface area contributed by atoms with Crippen LogP contribution in [0.15, 0.2) is 54.6 Å². The van der Waals surface area contributed by atoms with E-state index in [4.69, 9.17) is 28.4 Å². The average molecular weight is 569 g/mol. The zero-order chi connectivity index (χ0) is 23.3. The van der Waals surface area contributed by atoms with Crippen molar-refractivity contribution in [3.05, 3.63) is 54.6 Å². The first kappa shape index (κ1) is 24.3. The monoisotopic (exact) mass is 569 g/mol. The average Bonchev–Trinajstić information content (AvgIpc) is 2.86. The molecule has 0 saturated carbocycles. The molecule has 0 bridgehead atoms. The molecule has 0 aliphatic rings. The maximum absolute atomic E-state index is 5.85. The van der Waals surface area contributed by atoms with Crippen LogP contribution in [0.2, 0.25) is 0 Å². The molecule has 0 aromatic heterocycles. The van der Waals surface area contributed by atoms with Crippen molar-refractivity contribution >= 4 is 42.9 Å². The van der Waals surface area contributed by atoms with E-state index < -0.39 is 4.90 Å². The Morgan fingerprint density at radius 1 is 0.438 bits per heavy atom. The lowest BCUT2D eigenvalue weighted by molar-refractivity contribution is 0.398. The molecule has 0 saturated heterocycles. The van der Waals surface area contributed by atoms with Crippen molar-refractivity contribution in [2.24, 2.45) is 0 Å². The molecule has 0 amide bonds. The molecule has 0 aliphatic heterocycles. The van der Waals surface area contributed by atoms with Gasteiger partial charge in [0.2, 0.25) is 0 Å². The molecule has 0 unspecified atom stereocenters. The van der Waals surface area contributed by atoms with Gasteiger partial charge in [-0.2, -0.15) is 0 Å². The summed E-state index contributed by atoms with van der Waals surface area (Å²) in [6.07, 6.45) is 0. The Kier molecular flexibility index (Phi) is 7.96. The van der Waals surface area contributed by atoms with Crippen LogP contribution < -0.4 is 44.3 Å². The van der Waals surface area contributed by atoms with E-state index >= 15 is 0 Å². The van der Waals surface area contributed by atoms with Gasteiger partial charge < -0.3 is 28.4 Å². The fourth-order valence-electron chi connectivity index (χ4n) is 3.74. The van der Waals surface area contributed by atoms with Gasteiger partial charge >= 0.3 is 0 Å². The summed E-state index contributed by atoms with van der Waals surface area (Å²) in [5.74, 6) is 4.13. The van der Waals surface area contributed by atoms with Crippen molar-refractivity contribution in [3.8, 4) is 34.5 Å². The van der Waals surface area contributed by atoms with Crippen LogP contribution in [0.5, 0.6) is 34.5 Å². The van der Waals surface area contributed by atoms with E-state index in [0.717, 1.165) is 15.9 Å². The Morgan fingerprint density at radius 2 is 0.625 bits per heavy atom. The summed E-state index contributed by atoms with van der Waals surface area (Å²) >= 11 is 2.50. The van der Waals surface area contributed by atoms with E-state index in [9.17, 15) is 0 Å². The van der Waals surface area contributed by atoms with Gasteiger partial charge in [-0.1, -0.05) is 18.2 Å². The Bertz CT molecular complexity index is 887. The van der Waals surface area contributed by atoms with Crippen LogP contribution >= 0.6 is 26.9 Å². The van der Waals surface area contributed by atoms with Crippen molar-refractivity contribution in [1.29, 1.82) is 0 Å². The van der Waals surface area contributed by atoms with E-state index in [-0.39, 0.29) is 0 Å². The van der Waals surface area contributed by atoms with Gasteiger partial charge in [-0.3, -0.25) is 0 Å². The normalized spacial score (nSPS) is 11.0. The SMILES string of the molecule is COc1cccc(OC)c1[P+](I)(c1c(OC)cccc1OC)c1c(OC)cccc1OC. The Balaban J connectivity index is 2.62. The zero-order valence-electron chi connectivity index (χ0n) is 19.0. The molecule has 0 N–H and O–H groups in total. The van der Waals surface area contributed by atoms with E-state index in [1.165, 1.54) is 0 Å². The molecular weight excluding hydrogens is 542 g/mol. The van der Waals surface area contributed by atoms with E-state index in [0.29, 0.717) is 34.5 Å². The second-order valence-electron chi connectivity index (χ2n) is 6.62. The van der Waals surface area contributed by atoms with Gasteiger partial charge in [-0.05, 0) is 36.4 Å². The minimum absolute atomic E-state index is 0.688. The fraction of sp³-hybridized carbons (Fsp3) is 0.250. The van der Waals surface area contributed by atoms with Crippen LogP contribution in [0.25, 0.3) is 0 Å². The molecule has 170 valence electrons. The largest absolute Gasteiger partial charge is 0.492 e. The number of benzene rings is 3. The van der Waals surface area contributed by atoms with Gasteiger partial charge in [0.25, 0.3) is 0 Å². The predicted molar refractivity (Wildman–Crippen MR) is 138 cm³/mol. The molecular formula is C24H27IO6P+. The first-order chi connectivity index (χ1) is 15.5. The molecule has 6 nitrogen and oxygen atoms in total. The Hall–Kier alpha value is -2.38. The summed E-state index contributed by atoms with van der Waals surface area (Å²) in [7, 11) is 9.91. The smallest absolute Gasteiger partial charge is 0.197 e. The fourth-order valence-corrected chi connectivity index (χ4v) is 11.5. The molecule has 8 heteroatoms. The molecule has 0 fully saturated rings. The Morgan fingerprint density at radius 3 is 0.781 bits per heavy atom. The van der Waals surface area contributed by atoms with Crippen LogP contribution in [0.4, 0.5) is 0 Å². The van der Waals surface area contributed by atoms with Crippen molar-refractivity contribution in [1.82, 2.24) is 0 Å². The highest BCUT2D eigenvalue weighted by Crippen LogP contribution is 2.71. The lowest BCUT2D eigenvalue weighted by atomic mass is 10.3. The number of methoxy groups -OCH3 is 6. The second kappa shape index (κ2) is 10.5. The topological polar surface area (TPSA) is 55.4 Å². The van der Waals surface area contributed by atoms with Crippen molar-refractivity contribution < 1.29 is 28.4 Å². The summed E-state index contributed by atoms with van der Waals surface area (Å²) in [6, 6.07) is 17.3. The summed E-state index contributed by atoms with van der Waals surface area (Å²) in [5.41, 5.74) is 0. The van der Waals surface area contributed by atoms with Crippen molar-refractivity contribution in [3.63, 3.8) is 0 Å². The zero-order valence-corrected chi connectivity index (χ0v) is 22.0. The van der Waals surface area contributed by atoms with Gasteiger partial charge in [0.1, 0.15) is 0 Å². The molecule has 0 heterocycles. The lowest BCUT2D eigenvalue weighted by Gasteiger charge is -2.28. The van der Waals surface area contributed by atoms with Crippen LogP contribution in [0.3, 0.4) is 0 Å². The van der Waals surface area contributed by atoms with Crippen LogP contribution in [-0.2, 0) is 0 Å². The van der Waals surface area contributed by atoms with E-state index in [1.807, 2.05) is 54.6 Å². The highest BCUT2D eigenvalue weighted by molar-refractivity contribution is 14.2. The number of ether oxygens (including phenoxy) is 6. The minimum atomic E-state index is -2.63. The molecule has 0 atom stereocenters. The molecule has 3 aromatic rings. The summed E-state index contributed by atoms with van der Waals surface area (Å²) in [4.78, 5) is -2.63. The molecule has 0 spiro atoms. The number of hydrogen-bond donors (Lipinski definition) is 0. The minimum Gasteiger partial charge on any atom is -0.492 e. The van der Waals surface area contributed by atoms with Crippen LogP contribution in [0, 0.1) is 0 Å². The third kappa shape index (κ3) is 4.04. The summed E-state index contributed by atoms with van der Waals surface area (Å²) in [5, 5.41) is 2.66. The first-order valence-electron chi connectivity index (χ1n) is 9.75. The number of rotatable bonds is 9. The van der Waals surface area contributed by atoms with E-state index in [1.54, 1.807) is 42.7 Å². The first-order valence-corrected chi connectivity index (χ1v) is 14.3. The van der Waals surface area contributed by atoms with Crippen molar-refractivity contribution in [2.75, 3.05) is 42.7 Å². The van der Waals surface area contributed by atoms with Gasteiger partial charge in [-0.15, -0.1) is 0 Å². The van der Waals surface area contributed by atoms with Gasteiger partial charge in [0.15, 0.2) is 77.4 Å². The maximum atomic E-state index is 5.85. The molecule has 0 radical (unpaired) electrons. The van der Waals surface area contributed by atoms with Gasteiger partial charge in [-0.25, -0.2) is 0 Å². The highest BCUT2D eigenvalue weighted by Gasteiger charge is 2.56. The number of hydrogen-bond acceptors (Lipinski definition) is 6. The lowest BCUT2D eigenvalue weighted by Crippen LogP contribution is -2.32. The van der Waals surface area contributed by atoms with Crippen molar-refractivity contribution in [2.45, 2.75) is 0 Å². The highest BCUT2D eigenvalue weighted by atomic mass is 127. The summed E-state index contributed by atoms with van der Waals surface area (Å²) < 4.78 is 35.1. The summed E-state index contributed by atoms with van der Waals surface area (Å²) in [6.45, 7) is 0. The molecule has 3 aromatic carbocycles. The van der Waals surface area contributed by atoms with Gasteiger partial charge in [0.05, 0.1) is 42.7 Å². The maximum Gasteiger partial charge on any atom is 0.197 e. The van der Waals surface area contributed by atoms with Crippen LogP contribution in [-0.4, -0.2) is 42.7 Å². The van der Waals surface area contributed by atoms with Crippen LogP contribution in [0.1, 0.15) is 0 Å². The third-order valence-electron chi connectivity index (χ3n) is 5.13. The predicted octanol–water partition coefficient (Wildman–Crippen LogP) is 4.38. The molecule has 32 heavy (non-hydrogen) atoms.